The van der Waals surface area contributed by atoms with E-state index in [1.54, 1.807) is 0 Å². The second-order valence-electron chi connectivity index (χ2n) is 6.90. The first-order valence-corrected chi connectivity index (χ1v) is 6.70. The number of rotatable bonds is 0. The van der Waals surface area contributed by atoms with E-state index in [1.165, 1.54) is 12.8 Å². The molecule has 0 bridgehead atoms. The Morgan fingerprint density at radius 3 is 2.50 bits per heavy atom. The van der Waals surface area contributed by atoms with Crippen LogP contribution in [-0.4, -0.2) is 10.7 Å². The standard InChI is InChI=1S/C15H26O/c1-12-7-5-9-15(11-12)10-6-8-13(2,3)14(15,4)16/h5,7,12,16H,6,8-11H2,1-4H3. The maximum absolute atomic E-state index is 11.1. The molecule has 0 heterocycles. The van der Waals surface area contributed by atoms with E-state index in [0.717, 1.165) is 19.3 Å². The lowest BCUT2D eigenvalue weighted by atomic mass is 9.49. The van der Waals surface area contributed by atoms with Gasteiger partial charge in [-0.05, 0) is 43.9 Å². The van der Waals surface area contributed by atoms with Gasteiger partial charge in [-0.2, -0.15) is 0 Å². The molecule has 3 unspecified atom stereocenters. The van der Waals surface area contributed by atoms with Crippen LogP contribution in [0.1, 0.15) is 59.8 Å². The predicted molar refractivity (Wildman–Crippen MR) is 68.2 cm³/mol. The van der Waals surface area contributed by atoms with E-state index in [2.05, 4.69) is 39.8 Å². The highest BCUT2D eigenvalue weighted by molar-refractivity contribution is 5.13. The van der Waals surface area contributed by atoms with Crippen molar-refractivity contribution in [3.8, 4) is 0 Å². The third-order valence-corrected chi connectivity index (χ3v) is 5.49. The first-order valence-electron chi connectivity index (χ1n) is 6.70. The molecule has 2 aliphatic carbocycles. The van der Waals surface area contributed by atoms with Gasteiger partial charge in [0.15, 0.2) is 0 Å². The molecule has 1 N–H and O–H groups in total. The molecule has 1 heteroatoms. The van der Waals surface area contributed by atoms with Gasteiger partial charge in [0.1, 0.15) is 0 Å². The molecule has 92 valence electrons. The van der Waals surface area contributed by atoms with Gasteiger partial charge in [-0.1, -0.05) is 39.3 Å². The molecular weight excluding hydrogens is 196 g/mol. The number of aliphatic hydroxyl groups is 1. The Bertz CT molecular complexity index is 301. The Labute approximate surface area is 99.9 Å². The zero-order chi connectivity index (χ0) is 12.0. The smallest absolute Gasteiger partial charge is 0.0729 e. The average Bonchev–Trinajstić information content (AvgIpc) is 2.15. The molecule has 0 saturated heterocycles. The van der Waals surface area contributed by atoms with Gasteiger partial charge < -0.3 is 5.11 Å². The van der Waals surface area contributed by atoms with Crippen molar-refractivity contribution in [3.63, 3.8) is 0 Å². The summed E-state index contributed by atoms with van der Waals surface area (Å²) in [6, 6.07) is 0. The van der Waals surface area contributed by atoms with Gasteiger partial charge in [0.05, 0.1) is 5.60 Å². The SMILES string of the molecule is CC1C=CCC2(CCCC(C)(C)C2(C)O)C1. The van der Waals surface area contributed by atoms with Crippen LogP contribution in [-0.2, 0) is 0 Å². The Morgan fingerprint density at radius 1 is 1.19 bits per heavy atom. The Hall–Kier alpha value is -0.300. The van der Waals surface area contributed by atoms with Crippen LogP contribution >= 0.6 is 0 Å². The topological polar surface area (TPSA) is 20.2 Å². The highest BCUT2D eigenvalue weighted by Gasteiger charge is 2.57. The van der Waals surface area contributed by atoms with Crippen molar-refractivity contribution >= 4 is 0 Å². The Morgan fingerprint density at radius 2 is 1.88 bits per heavy atom. The molecule has 1 fully saturated rings. The minimum absolute atomic E-state index is 0.0517. The third-order valence-electron chi connectivity index (χ3n) is 5.49. The van der Waals surface area contributed by atoms with Gasteiger partial charge >= 0.3 is 0 Å². The van der Waals surface area contributed by atoms with E-state index in [4.69, 9.17) is 0 Å². The van der Waals surface area contributed by atoms with E-state index < -0.39 is 5.60 Å². The zero-order valence-electron chi connectivity index (χ0n) is 11.2. The average molecular weight is 222 g/mol. The molecule has 2 rings (SSSR count). The normalized spacial score (nSPS) is 47.2. The summed E-state index contributed by atoms with van der Waals surface area (Å²) in [6.07, 6.45) is 10.4. The highest BCUT2D eigenvalue weighted by atomic mass is 16.3. The first-order chi connectivity index (χ1) is 7.31. The summed E-state index contributed by atoms with van der Waals surface area (Å²) in [5, 5.41) is 11.1. The minimum Gasteiger partial charge on any atom is -0.389 e. The molecule has 1 saturated carbocycles. The van der Waals surface area contributed by atoms with Crippen molar-refractivity contribution in [1.29, 1.82) is 0 Å². The Balaban J connectivity index is 2.36. The summed E-state index contributed by atoms with van der Waals surface area (Å²) >= 11 is 0. The predicted octanol–water partition coefficient (Wildman–Crippen LogP) is 3.92. The maximum atomic E-state index is 11.1. The molecule has 0 aromatic carbocycles. The first kappa shape index (κ1) is 12.2. The van der Waals surface area contributed by atoms with E-state index in [1.807, 2.05) is 0 Å². The second-order valence-corrected chi connectivity index (χ2v) is 6.90. The molecule has 16 heavy (non-hydrogen) atoms. The lowest BCUT2D eigenvalue weighted by molar-refractivity contribution is -0.184. The Kier molecular flexibility index (Phi) is 2.73. The highest BCUT2D eigenvalue weighted by Crippen LogP contribution is 2.59. The second kappa shape index (κ2) is 3.60. The van der Waals surface area contributed by atoms with Crippen LogP contribution < -0.4 is 0 Å². The monoisotopic (exact) mass is 222 g/mol. The summed E-state index contributed by atoms with van der Waals surface area (Å²) in [6.45, 7) is 8.82. The van der Waals surface area contributed by atoms with Gasteiger partial charge in [-0.15, -0.1) is 0 Å². The molecule has 2 aliphatic rings. The lowest BCUT2D eigenvalue weighted by Gasteiger charge is -2.59. The van der Waals surface area contributed by atoms with Crippen molar-refractivity contribution < 1.29 is 5.11 Å². The zero-order valence-corrected chi connectivity index (χ0v) is 11.2. The summed E-state index contributed by atoms with van der Waals surface area (Å²) < 4.78 is 0. The van der Waals surface area contributed by atoms with Gasteiger partial charge in [0.2, 0.25) is 0 Å². The number of allylic oxidation sites excluding steroid dienone is 2. The van der Waals surface area contributed by atoms with Crippen LogP contribution in [0.4, 0.5) is 0 Å². The molecule has 0 aliphatic heterocycles. The van der Waals surface area contributed by atoms with Crippen molar-refractivity contribution in [3.05, 3.63) is 12.2 Å². The van der Waals surface area contributed by atoms with Crippen LogP contribution in [0.3, 0.4) is 0 Å². The molecule has 1 nitrogen and oxygen atoms in total. The summed E-state index contributed by atoms with van der Waals surface area (Å²) in [4.78, 5) is 0. The van der Waals surface area contributed by atoms with Gasteiger partial charge in [-0.3, -0.25) is 0 Å². The maximum Gasteiger partial charge on any atom is 0.0729 e. The van der Waals surface area contributed by atoms with E-state index in [-0.39, 0.29) is 10.8 Å². The van der Waals surface area contributed by atoms with E-state index >= 15 is 0 Å². The van der Waals surface area contributed by atoms with Gasteiger partial charge in [-0.25, -0.2) is 0 Å². The molecule has 0 amide bonds. The minimum atomic E-state index is -0.530. The molecule has 0 aromatic heterocycles. The molecular formula is C15H26O. The van der Waals surface area contributed by atoms with Crippen LogP contribution in [0.2, 0.25) is 0 Å². The van der Waals surface area contributed by atoms with Gasteiger partial charge in [0, 0.05) is 5.41 Å². The van der Waals surface area contributed by atoms with Crippen LogP contribution in [0, 0.1) is 16.7 Å². The largest absolute Gasteiger partial charge is 0.389 e. The van der Waals surface area contributed by atoms with Crippen molar-refractivity contribution in [2.24, 2.45) is 16.7 Å². The summed E-state index contributed by atoms with van der Waals surface area (Å²) in [5.74, 6) is 0.620. The van der Waals surface area contributed by atoms with Crippen molar-refractivity contribution in [1.82, 2.24) is 0 Å². The van der Waals surface area contributed by atoms with Crippen LogP contribution in [0.15, 0.2) is 12.2 Å². The van der Waals surface area contributed by atoms with Crippen LogP contribution in [0.25, 0.3) is 0 Å². The molecule has 3 atom stereocenters. The lowest BCUT2D eigenvalue weighted by Crippen LogP contribution is -2.59. The quantitative estimate of drug-likeness (QED) is 0.616. The molecule has 0 aromatic rings. The number of hydrogen-bond donors (Lipinski definition) is 1. The van der Waals surface area contributed by atoms with E-state index in [9.17, 15) is 5.11 Å². The summed E-state index contributed by atoms with van der Waals surface area (Å²) in [7, 11) is 0. The molecule has 1 spiro atoms. The van der Waals surface area contributed by atoms with Crippen LogP contribution in [0.5, 0.6) is 0 Å². The fourth-order valence-electron chi connectivity index (χ4n) is 3.97. The van der Waals surface area contributed by atoms with E-state index in [0.29, 0.717) is 5.92 Å². The number of hydrogen-bond acceptors (Lipinski definition) is 1. The van der Waals surface area contributed by atoms with Crippen molar-refractivity contribution in [2.45, 2.75) is 65.4 Å². The fraction of sp³-hybridized carbons (Fsp3) is 0.867. The van der Waals surface area contributed by atoms with Gasteiger partial charge in [0.25, 0.3) is 0 Å². The van der Waals surface area contributed by atoms with Crippen molar-refractivity contribution in [2.75, 3.05) is 0 Å². The summed E-state index contributed by atoms with van der Waals surface area (Å²) in [5.41, 5.74) is -0.351. The fourth-order valence-corrected chi connectivity index (χ4v) is 3.97. The third kappa shape index (κ3) is 1.55. The molecule has 0 radical (unpaired) electrons.